The van der Waals surface area contributed by atoms with E-state index in [9.17, 15) is 18.8 Å². The number of carbonyl (C=O) groups excluding carboxylic acids is 1. The molecule has 13 nitrogen and oxygen atoms in total. The topological polar surface area (TPSA) is 157 Å². The molecule has 0 radical (unpaired) electrons. The Morgan fingerprint density at radius 3 is 2.40 bits per heavy atom. The molecule has 4 aromatic rings. The number of fused-ring (bicyclic) bond motifs is 3. The molecule has 43 heavy (non-hydrogen) atoms. The second-order valence-electron chi connectivity index (χ2n) is 11.3. The summed E-state index contributed by atoms with van der Waals surface area (Å²) in [5, 5.41) is 10.6. The first-order valence-corrected chi connectivity index (χ1v) is 13.9. The van der Waals surface area contributed by atoms with Crippen LogP contribution in [0, 0.1) is 5.82 Å². The molecule has 4 N–H and O–H groups in total. The second kappa shape index (κ2) is 11.8. The molecule has 6 rings (SSSR count). The summed E-state index contributed by atoms with van der Waals surface area (Å²) in [6.07, 6.45) is 3.34. The lowest BCUT2D eigenvalue weighted by Gasteiger charge is -2.34. The van der Waals surface area contributed by atoms with Gasteiger partial charge in [-0.1, -0.05) is 13.8 Å². The van der Waals surface area contributed by atoms with Gasteiger partial charge in [0, 0.05) is 69.6 Å². The van der Waals surface area contributed by atoms with Crippen molar-refractivity contribution in [3.63, 3.8) is 0 Å². The molecule has 3 aromatic heterocycles. The van der Waals surface area contributed by atoms with Crippen LogP contribution in [0.3, 0.4) is 0 Å². The standard InChI is InChI=1S/C25H32N8O.C4H3FN2O2/c1-25(2)14-16-15-27-24(29-20(16)22-19(25)21(23(34)26-3)30-32(22)5)28-17-6-8-18(9-7-17)33-12-10-31(4)11-13-33;5-2-1-6-4(9)7-3(2)8/h6-9,15H,10-14H2,1-5H3,(H,26,34)(H,27,28,29);1H,(H2,6,7,8,9). The molecule has 0 bridgehead atoms. The fourth-order valence-electron chi connectivity index (χ4n) is 5.42. The number of anilines is 3. The van der Waals surface area contributed by atoms with Crippen LogP contribution in [0.2, 0.25) is 0 Å². The lowest BCUT2D eigenvalue weighted by molar-refractivity contribution is 0.0955. The number of piperazine rings is 1. The van der Waals surface area contributed by atoms with E-state index in [1.165, 1.54) is 5.69 Å². The predicted octanol–water partition coefficient (Wildman–Crippen LogP) is 1.77. The highest BCUT2D eigenvalue weighted by molar-refractivity contribution is 5.96. The van der Waals surface area contributed by atoms with E-state index in [0.717, 1.165) is 60.8 Å². The van der Waals surface area contributed by atoms with Gasteiger partial charge in [0.2, 0.25) is 11.8 Å². The average Bonchev–Trinajstić information content (AvgIpc) is 3.35. The van der Waals surface area contributed by atoms with Crippen LogP contribution in [0.5, 0.6) is 0 Å². The third kappa shape index (κ3) is 6.18. The zero-order chi connectivity index (χ0) is 30.9. The number of nitrogens with one attached hydrogen (secondary N) is 4. The van der Waals surface area contributed by atoms with E-state index in [2.05, 4.69) is 75.7 Å². The number of aromatic nitrogens is 6. The van der Waals surface area contributed by atoms with Crippen LogP contribution < -0.4 is 26.8 Å². The van der Waals surface area contributed by atoms with E-state index in [1.54, 1.807) is 16.7 Å². The molecule has 14 heteroatoms. The Bertz CT molecular complexity index is 1750. The fraction of sp³-hybridized carbons (Fsp3) is 0.379. The molecule has 1 saturated heterocycles. The molecule has 0 unspecified atom stereocenters. The number of nitrogens with zero attached hydrogens (tertiary/aromatic N) is 6. The first-order valence-electron chi connectivity index (χ1n) is 13.9. The summed E-state index contributed by atoms with van der Waals surface area (Å²) < 4.78 is 13.7. The molecule has 1 aromatic carbocycles. The smallest absolute Gasteiger partial charge is 0.325 e. The van der Waals surface area contributed by atoms with Crippen molar-refractivity contribution in [1.82, 2.24) is 39.9 Å². The summed E-state index contributed by atoms with van der Waals surface area (Å²) in [6, 6.07) is 8.42. The summed E-state index contributed by atoms with van der Waals surface area (Å²) in [5.41, 5.74) is 4.35. The van der Waals surface area contributed by atoms with Gasteiger partial charge in [0.1, 0.15) is 0 Å². The third-order valence-corrected chi connectivity index (χ3v) is 7.65. The Hall–Kier alpha value is -4.85. The van der Waals surface area contributed by atoms with Crippen molar-refractivity contribution >= 4 is 23.2 Å². The Labute approximate surface area is 247 Å². The maximum Gasteiger partial charge on any atom is 0.325 e. The van der Waals surface area contributed by atoms with Gasteiger partial charge in [-0.25, -0.2) is 14.8 Å². The van der Waals surface area contributed by atoms with Crippen molar-refractivity contribution in [2.45, 2.75) is 25.7 Å². The molecule has 1 fully saturated rings. The summed E-state index contributed by atoms with van der Waals surface area (Å²) >= 11 is 0. The Morgan fingerprint density at radius 2 is 1.77 bits per heavy atom. The fourth-order valence-corrected chi connectivity index (χ4v) is 5.42. The van der Waals surface area contributed by atoms with Crippen molar-refractivity contribution in [3.8, 4) is 11.4 Å². The molecule has 2 aliphatic rings. The normalized spacial score (nSPS) is 15.5. The van der Waals surface area contributed by atoms with Crippen LogP contribution in [0.25, 0.3) is 11.4 Å². The number of aryl methyl sites for hydroxylation is 1. The minimum Gasteiger partial charge on any atom is -0.369 e. The van der Waals surface area contributed by atoms with Crippen molar-refractivity contribution in [1.29, 1.82) is 0 Å². The zero-order valence-electron chi connectivity index (χ0n) is 24.8. The molecule has 1 amide bonds. The number of amides is 1. The van der Waals surface area contributed by atoms with E-state index in [-0.39, 0.29) is 11.3 Å². The maximum atomic E-state index is 12.5. The predicted molar refractivity (Wildman–Crippen MR) is 161 cm³/mol. The highest BCUT2D eigenvalue weighted by atomic mass is 19.1. The molecule has 0 atom stereocenters. The van der Waals surface area contributed by atoms with Gasteiger partial charge in [0.25, 0.3) is 11.5 Å². The maximum absolute atomic E-state index is 12.5. The molecule has 0 saturated carbocycles. The number of likely N-dealkylation sites (N-methyl/N-ethyl adjacent to an activating group) is 1. The van der Waals surface area contributed by atoms with Crippen molar-refractivity contribution in [2.24, 2.45) is 7.05 Å². The Morgan fingerprint density at radius 1 is 1.07 bits per heavy atom. The number of carbonyl (C=O) groups is 1. The zero-order valence-corrected chi connectivity index (χ0v) is 24.8. The van der Waals surface area contributed by atoms with Crippen molar-refractivity contribution < 1.29 is 9.18 Å². The second-order valence-corrected chi connectivity index (χ2v) is 11.3. The minimum atomic E-state index is -1.00. The highest BCUT2D eigenvalue weighted by Gasteiger charge is 2.39. The lowest BCUT2D eigenvalue weighted by Crippen LogP contribution is -2.44. The highest BCUT2D eigenvalue weighted by Crippen LogP contribution is 2.43. The number of H-pyrrole nitrogens is 2. The average molecular weight is 591 g/mol. The van der Waals surface area contributed by atoms with Crippen molar-refractivity contribution in [2.75, 3.05) is 50.5 Å². The van der Waals surface area contributed by atoms with Crippen LogP contribution >= 0.6 is 0 Å². The number of rotatable bonds is 4. The van der Waals surface area contributed by atoms with Crippen LogP contribution in [-0.2, 0) is 18.9 Å². The number of hydrogen-bond acceptors (Lipinski definition) is 9. The van der Waals surface area contributed by atoms with Gasteiger partial charge in [-0.2, -0.15) is 9.49 Å². The molecule has 1 aliphatic heterocycles. The number of aromatic amines is 2. The van der Waals surface area contributed by atoms with E-state index >= 15 is 0 Å². The first kappa shape index (κ1) is 29.6. The quantitative estimate of drug-likeness (QED) is 0.278. The van der Waals surface area contributed by atoms with Gasteiger partial charge in [-0.3, -0.25) is 19.3 Å². The van der Waals surface area contributed by atoms with Crippen LogP contribution in [0.1, 0.15) is 35.5 Å². The summed E-state index contributed by atoms with van der Waals surface area (Å²) in [5.74, 6) is -0.643. The largest absolute Gasteiger partial charge is 0.369 e. The SMILES string of the molecule is CNC(=O)c1nn(C)c2c1C(C)(C)Cc1cnc(Nc3ccc(N4CCN(C)CC4)cc3)nc1-2.O=c1[nH]cc(F)c(=O)[nH]1. The third-order valence-electron chi connectivity index (χ3n) is 7.65. The molecule has 1 aliphatic carbocycles. The Kier molecular flexibility index (Phi) is 8.13. The van der Waals surface area contributed by atoms with Gasteiger partial charge in [-0.05, 0) is 48.7 Å². The van der Waals surface area contributed by atoms with Gasteiger partial charge in [0.15, 0.2) is 5.69 Å². The van der Waals surface area contributed by atoms with Gasteiger partial charge < -0.3 is 25.4 Å². The van der Waals surface area contributed by atoms with E-state index in [0.29, 0.717) is 17.8 Å². The van der Waals surface area contributed by atoms with Gasteiger partial charge >= 0.3 is 5.69 Å². The van der Waals surface area contributed by atoms with Crippen LogP contribution in [0.15, 0.2) is 46.2 Å². The minimum absolute atomic E-state index is 0.179. The van der Waals surface area contributed by atoms with E-state index < -0.39 is 17.1 Å². The molecular weight excluding hydrogens is 555 g/mol. The lowest BCUT2D eigenvalue weighted by atomic mass is 9.73. The van der Waals surface area contributed by atoms with E-state index in [1.807, 2.05) is 18.2 Å². The number of hydrogen-bond donors (Lipinski definition) is 4. The molecular formula is C29H35FN10O3. The molecule has 0 spiro atoms. The Balaban J connectivity index is 0.000000351. The van der Waals surface area contributed by atoms with Crippen LogP contribution in [-0.4, -0.2) is 80.8 Å². The molecule has 226 valence electrons. The first-order chi connectivity index (χ1) is 20.5. The van der Waals surface area contributed by atoms with E-state index in [4.69, 9.17) is 4.98 Å². The summed E-state index contributed by atoms with van der Waals surface area (Å²) in [7, 11) is 5.66. The van der Waals surface area contributed by atoms with Crippen LogP contribution in [0.4, 0.5) is 21.7 Å². The van der Waals surface area contributed by atoms with Gasteiger partial charge in [0.05, 0.1) is 11.4 Å². The summed E-state index contributed by atoms with van der Waals surface area (Å²) in [6.45, 7) is 8.51. The molecule has 4 heterocycles. The summed E-state index contributed by atoms with van der Waals surface area (Å²) in [4.78, 5) is 50.7. The number of halogens is 1. The number of benzene rings is 1. The van der Waals surface area contributed by atoms with Gasteiger partial charge in [-0.15, -0.1) is 0 Å². The monoisotopic (exact) mass is 590 g/mol. The van der Waals surface area contributed by atoms with Crippen molar-refractivity contribution in [3.05, 3.63) is 80.1 Å².